The number of amides is 3. The number of nitrogens with zero attached hydrogens (tertiary/aromatic N) is 3. The second-order valence-electron chi connectivity index (χ2n) is 4.59. The predicted octanol–water partition coefficient (Wildman–Crippen LogP) is 0.0671. The lowest BCUT2D eigenvalue weighted by molar-refractivity contribution is -0.137. The summed E-state index contributed by atoms with van der Waals surface area (Å²) in [6.07, 6.45) is 0.715. The molecule has 3 amide bonds. The Morgan fingerprint density at radius 1 is 1.11 bits per heavy atom. The van der Waals surface area contributed by atoms with Crippen molar-refractivity contribution in [3.05, 3.63) is 0 Å². The summed E-state index contributed by atoms with van der Waals surface area (Å²) in [6.45, 7) is 5.48. The third kappa shape index (κ3) is 4.42. The molecule has 19 heavy (non-hydrogen) atoms. The Kier molecular flexibility index (Phi) is 5.59. The fourth-order valence-corrected chi connectivity index (χ4v) is 2.09. The summed E-state index contributed by atoms with van der Waals surface area (Å²) in [4.78, 5) is 38.8. The summed E-state index contributed by atoms with van der Waals surface area (Å²) in [5, 5.41) is 8.81. The van der Waals surface area contributed by atoms with Gasteiger partial charge in [-0.05, 0) is 6.42 Å². The van der Waals surface area contributed by atoms with Gasteiger partial charge in [0.2, 0.25) is 5.91 Å². The molecule has 0 aliphatic carbocycles. The van der Waals surface area contributed by atoms with Crippen LogP contribution in [0, 0.1) is 0 Å². The lowest BCUT2D eigenvalue weighted by atomic mass is 10.3. The van der Waals surface area contributed by atoms with Crippen molar-refractivity contribution < 1.29 is 19.5 Å². The number of hydrogen-bond donors (Lipinski definition) is 1. The van der Waals surface area contributed by atoms with E-state index in [1.165, 1.54) is 11.8 Å². The number of carbonyl (C=O) groups is 3. The van der Waals surface area contributed by atoms with E-state index in [2.05, 4.69) is 0 Å². The first-order valence-electron chi connectivity index (χ1n) is 6.46. The molecule has 0 radical (unpaired) electrons. The molecule has 0 spiro atoms. The van der Waals surface area contributed by atoms with Crippen molar-refractivity contribution in [1.82, 2.24) is 14.7 Å². The maximum absolute atomic E-state index is 12.2. The third-order valence-electron chi connectivity index (χ3n) is 3.09. The van der Waals surface area contributed by atoms with Gasteiger partial charge in [-0.2, -0.15) is 0 Å². The van der Waals surface area contributed by atoms with Gasteiger partial charge in [-0.1, -0.05) is 6.92 Å². The summed E-state index contributed by atoms with van der Waals surface area (Å²) in [5.41, 5.74) is 0. The Morgan fingerprint density at radius 2 is 1.63 bits per heavy atom. The molecular formula is C12H21N3O4. The van der Waals surface area contributed by atoms with E-state index in [4.69, 9.17) is 5.11 Å². The van der Waals surface area contributed by atoms with Crippen LogP contribution in [-0.4, -0.2) is 77.0 Å². The molecule has 1 saturated heterocycles. The average Bonchev–Trinajstić information content (AvgIpc) is 2.37. The maximum atomic E-state index is 12.2. The molecule has 0 aromatic carbocycles. The van der Waals surface area contributed by atoms with E-state index in [1.807, 2.05) is 6.92 Å². The Bertz CT molecular complexity index is 351. The van der Waals surface area contributed by atoms with E-state index in [1.54, 1.807) is 9.80 Å². The van der Waals surface area contributed by atoms with Crippen molar-refractivity contribution >= 4 is 17.9 Å². The summed E-state index contributed by atoms with van der Waals surface area (Å²) in [7, 11) is 0. The summed E-state index contributed by atoms with van der Waals surface area (Å²) in [6, 6.07) is -0.257. The Hall–Kier alpha value is -1.79. The van der Waals surface area contributed by atoms with Crippen molar-refractivity contribution in [1.29, 1.82) is 0 Å². The molecule has 7 heteroatoms. The Morgan fingerprint density at radius 3 is 2.05 bits per heavy atom. The van der Waals surface area contributed by atoms with E-state index >= 15 is 0 Å². The van der Waals surface area contributed by atoms with Crippen molar-refractivity contribution in [3.63, 3.8) is 0 Å². The van der Waals surface area contributed by atoms with E-state index < -0.39 is 5.97 Å². The minimum atomic E-state index is -1.01. The molecule has 1 heterocycles. The van der Waals surface area contributed by atoms with Crippen LogP contribution in [0.4, 0.5) is 4.79 Å². The third-order valence-corrected chi connectivity index (χ3v) is 3.09. The molecule has 0 aromatic heterocycles. The van der Waals surface area contributed by atoms with Gasteiger partial charge in [-0.25, -0.2) is 4.79 Å². The van der Waals surface area contributed by atoms with Crippen molar-refractivity contribution in [2.24, 2.45) is 0 Å². The molecule has 0 atom stereocenters. The van der Waals surface area contributed by atoms with Crippen molar-refractivity contribution in [2.75, 3.05) is 39.3 Å². The molecule has 1 rings (SSSR count). The molecule has 0 unspecified atom stereocenters. The molecule has 0 aromatic rings. The van der Waals surface area contributed by atoms with Crippen LogP contribution >= 0.6 is 0 Å². The predicted molar refractivity (Wildman–Crippen MR) is 68.7 cm³/mol. The van der Waals surface area contributed by atoms with Crippen molar-refractivity contribution in [3.8, 4) is 0 Å². The lowest BCUT2D eigenvalue weighted by Gasteiger charge is -2.36. The number of piperazine rings is 1. The van der Waals surface area contributed by atoms with Gasteiger partial charge in [0.1, 0.15) is 6.54 Å². The van der Waals surface area contributed by atoms with Gasteiger partial charge >= 0.3 is 12.0 Å². The molecule has 1 N–H and O–H groups in total. The SMILES string of the molecule is CCCN(CC(=O)O)C(=O)N1CCN(C(C)=O)CC1. The van der Waals surface area contributed by atoms with Crippen LogP contribution < -0.4 is 0 Å². The van der Waals surface area contributed by atoms with Crippen molar-refractivity contribution in [2.45, 2.75) is 20.3 Å². The first-order valence-corrected chi connectivity index (χ1v) is 6.46. The number of hydrogen-bond acceptors (Lipinski definition) is 3. The zero-order chi connectivity index (χ0) is 14.4. The zero-order valence-electron chi connectivity index (χ0n) is 11.5. The molecule has 1 aliphatic rings. The Balaban J connectivity index is 2.56. The van der Waals surface area contributed by atoms with Crippen LogP contribution in [0.5, 0.6) is 0 Å². The van der Waals surface area contributed by atoms with E-state index in [-0.39, 0.29) is 18.5 Å². The molecule has 1 fully saturated rings. The molecule has 108 valence electrons. The highest BCUT2D eigenvalue weighted by Crippen LogP contribution is 2.06. The number of urea groups is 1. The molecular weight excluding hydrogens is 250 g/mol. The molecule has 7 nitrogen and oxygen atoms in total. The number of carboxylic acids is 1. The number of carbonyl (C=O) groups excluding carboxylic acids is 2. The highest BCUT2D eigenvalue weighted by atomic mass is 16.4. The highest BCUT2D eigenvalue weighted by Gasteiger charge is 2.26. The fourth-order valence-electron chi connectivity index (χ4n) is 2.09. The van der Waals surface area contributed by atoms with E-state index in [0.717, 1.165) is 0 Å². The lowest BCUT2D eigenvalue weighted by Crippen LogP contribution is -2.54. The van der Waals surface area contributed by atoms with Crippen LogP contribution in [-0.2, 0) is 9.59 Å². The second-order valence-corrected chi connectivity index (χ2v) is 4.59. The molecule has 0 bridgehead atoms. The van der Waals surface area contributed by atoms with Gasteiger partial charge in [0, 0.05) is 39.6 Å². The monoisotopic (exact) mass is 271 g/mol. The fraction of sp³-hybridized carbons (Fsp3) is 0.750. The normalized spacial score (nSPS) is 15.3. The maximum Gasteiger partial charge on any atom is 0.323 e. The van der Waals surface area contributed by atoms with E-state index in [9.17, 15) is 14.4 Å². The minimum absolute atomic E-state index is 0.00282. The highest BCUT2D eigenvalue weighted by molar-refractivity contribution is 5.80. The van der Waals surface area contributed by atoms with Gasteiger partial charge in [0.05, 0.1) is 0 Å². The minimum Gasteiger partial charge on any atom is -0.480 e. The molecule has 1 aliphatic heterocycles. The number of carboxylic acid groups (broad SMARTS) is 1. The second kappa shape index (κ2) is 6.96. The van der Waals surface area contributed by atoms with Crippen LogP contribution in [0.1, 0.15) is 20.3 Å². The standard InChI is InChI=1S/C12H21N3O4/c1-3-4-15(9-11(17)18)12(19)14-7-5-13(6-8-14)10(2)16/h3-9H2,1-2H3,(H,17,18). The largest absolute Gasteiger partial charge is 0.480 e. The van der Waals surface area contributed by atoms with Gasteiger partial charge < -0.3 is 19.8 Å². The summed E-state index contributed by atoms with van der Waals surface area (Å²) in [5.74, 6) is -1.01. The Labute approximate surface area is 112 Å². The first-order chi connectivity index (χ1) is 8.95. The quantitative estimate of drug-likeness (QED) is 0.784. The van der Waals surface area contributed by atoms with Crippen LogP contribution in [0.25, 0.3) is 0 Å². The first kappa shape index (κ1) is 15.3. The van der Waals surface area contributed by atoms with Crippen LogP contribution in [0.3, 0.4) is 0 Å². The molecule has 0 saturated carbocycles. The van der Waals surface area contributed by atoms with Crippen LogP contribution in [0.15, 0.2) is 0 Å². The van der Waals surface area contributed by atoms with Gasteiger partial charge in [0.15, 0.2) is 0 Å². The topological polar surface area (TPSA) is 81.2 Å². The van der Waals surface area contributed by atoms with Gasteiger partial charge in [-0.15, -0.1) is 0 Å². The number of aliphatic carboxylic acids is 1. The average molecular weight is 271 g/mol. The summed E-state index contributed by atoms with van der Waals surface area (Å²) < 4.78 is 0. The zero-order valence-corrected chi connectivity index (χ0v) is 11.5. The van der Waals surface area contributed by atoms with E-state index in [0.29, 0.717) is 39.1 Å². The summed E-state index contributed by atoms with van der Waals surface area (Å²) >= 11 is 0. The van der Waals surface area contributed by atoms with Gasteiger partial charge in [0.25, 0.3) is 0 Å². The van der Waals surface area contributed by atoms with Gasteiger partial charge in [-0.3, -0.25) is 9.59 Å². The smallest absolute Gasteiger partial charge is 0.323 e. The van der Waals surface area contributed by atoms with Crippen LogP contribution in [0.2, 0.25) is 0 Å². The number of rotatable bonds is 4.